The second kappa shape index (κ2) is 10.6. The first-order chi connectivity index (χ1) is 15.5. The van der Waals surface area contributed by atoms with Gasteiger partial charge in [-0.3, -0.25) is 9.59 Å². The van der Waals surface area contributed by atoms with Gasteiger partial charge in [0.05, 0.1) is 6.04 Å². The summed E-state index contributed by atoms with van der Waals surface area (Å²) in [4.78, 5) is 33.0. The van der Waals surface area contributed by atoms with E-state index in [-0.39, 0.29) is 29.9 Å². The van der Waals surface area contributed by atoms with Crippen molar-refractivity contribution in [3.8, 4) is 0 Å². The van der Waals surface area contributed by atoms with Crippen LogP contribution in [0.25, 0.3) is 0 Å². The number of hydrazine groups is 1. The molecule has 3 rings (SSSR count). The fourth-order valence-electron chi connectivity index (χ4n) is 2.95. The quantitative estimate of drug-likeness (QED) is 0.161. The smallest absolute Gasteiger partial charge is 0.270 e. The Morgan fingerprint density at radius 2 is 1.66 bits per heavy atom. The lowest BCUT2D eigenvalue weighted by Crippen LogP contribution is -2.32. The number of benzene rings is 2. The molecule has 1 aromatic heterocycles. The molecule has 1 heterocycles. The molecule has 0 spiro atoms. The molecule has 1 unspecified atom stereocenters. The Hall–Kier alpha value is -4.31. The predicted octanol–water partition coefficient (Wildman–Crippen LogP) is 0.981. The summed E-state index contributed by atoms with van der Waals surface area (Å²) in [7, 11) is 0. The molecule has 1 atom stereocenters. The first-order valence-electron chi connectivity index (χ1n) is 9.81. The van der Waals surface area contributed by atoms with Crippen molar-refractivity contribution in [3.63, 3.8) is 0 Å². The number of nitrogens with one attached hydrogen (secondary N) is 3. The number of hydrogen-bond acceptors (Lipinski definition) is 7. The molecule has 0 aliphatic heterocycles. The van der Waals surface area contributed by atoms with E-state index in [4.69, 9.17) is 11.7 Å². The average molecular weight is 432 g/mol. The van der Waals surface area contributed by atoms with Crippen molar-refractivity contribution in [1.82, 2.24) is 26.0 Å². The van der Waals surface area contributed by atoms with E-state index in [1.54, 1.807) is 12.1 Å². The van der Waals surface area contributed by atoms with Gasteiger partial charge < -0.3 is 21.9 Å². The Labute approximate surface area is 185 Å². The number of hydrazone groups is 1. The highest BCUT2D eigenvalue weighted by molar-refractivity contribution is 5.98. The van der Waals surface area contributed by atoms with Gasteiger partial charge in [0.25, 0.3) is 11.8 Å². The zero-order valence-electron chi connectivity index (χ0n) is 17.4. The van der Waals surface area contributed by atoms with Gasteiger partial charge >= 0.3 is 0 Å². The Morgan fingerprint density at radius 3 is 2.28 bits per heavy atom. The number of nitrogens with zero attached hydrogens (tertiary/aromatic N) is 3. The minimum absolute atomic E-state index is 0.0963. The number of nitrogens with two attached hydrogens (primary N) is 2. The lowest BCUT2D eigenvalue weighted by atomic mass is 10.1. The molecule has 10 nitrogen and oxygen atoms in total. The summed E-state index contributed by atoms with van der Waals surface area (Å²) in [5.74, 6) is 10.1. The molecule has 32 heavy (non-hydrogen) atoms. The van der Waals surface area contributed by atoms with Crippen molar-refractivity contribution in [1.29, 1.82) is 0 Å². The summed E-state index contributed by atoms with van der Waals surface area (Å²) in [6.45, 7) is 2.14. The Kier molecular flexibility index (Phi) is 7.44. The highest BCUT2D eigenvalue weighted by Gasteiger charge is 2.16. The van der Waals surface area contributed by atoms with E-state index < -0.39 is 5.91 Å². The minimum atomic E-state index is -0.422. The molecule has 0 saturated heterocycles. The van der Waals surface area contributed by atoms with Gasteiger partial charge in [0.2, 0.25) is 0 Å². The van der Waals surface area contributed by atoms with Crippen molar-refractivity contribution >= 4 is 17.6 Å². The van der Waals surface area contributed by atoms with Crippen LogP contribution in [-0.4, -0.2) is 27.6 Å². The summed E-state index contributed by atoms with van der Waals surface area (Å²) in [5, 5.41) is 9.18. The van der Waals surface area contributed by atoms with Gasteiger partial charge in [0.1, 0.15) is 17.7 Å². The molecule has 0 aliphatic carbocycles. The molecule has 0 fully saturated rings. The zero-order valence-corrected chi connectivity index (χ0v) is 17.4. The molecular weight excluding hydrogens is 408 g/mol. The topological polar surface area (TPSA) is 160 Å². The number of carbonyl (C=O) groups is 2. The van der Waals surface area contributed by atoms with Gasteiger partial charge in [0, 0.05) is 18.2 Å². The van der Waals surface area contributed by atoms with E-state index in [1.165, 1.54) is 12.4 Å². The third kappa shape index (κ3) is 5.64. The van der Waals surface area contributed by atoms with E-state index in [2.05, 4.69) is 31.1 Å². The maximum Gasteiger partial charge on any atom is 0.270 e. The van der Waals surface area contributed by atoms with Crippen molar-refractivity contribution in [2.24, 2.45) is 16.8 Å². The Morgan fingerprint density at radius 1 is 1.00 bits per heavy atom. The van der Waals surface area contributed by atoms with Crippen LogP contribution in [0.5, 0.6) is 0 Å². The Bertz CT molecular complexity index is 1100. The molecule has 0 radical (unpaired) electrons. The third-order valence-corrected chi connectivity index (χ3v) is 4.73. The first kappa shape index (κ1) is 22.4. The molecule has 164 valence electrons. The summed E-state index contributed by atoms with van der Waals surface area (Å²) >= 11 is 0. The minimum Gasteiger partial charge on any atom is -0.347 e. The van der Waals surface area contributed by atoms with Crippen molar-refractivity contribution in [2.45, 2.75) is 19.5 Å². The molecular formula is C22H24N8O2. The van der Waals surface area contributed by atoms with E-state index >= 15 is 0 Å². The molecule has 0 bridgehead atoms. The van der Waals surface area contributed by atoms with Crippen LogP contribution in [0.1, 0.15) is 50.6 Å². The van der Waals surface area contributed by atoms with Gasteiger partial charge in [-0.1, -0.05) is 54.6 Å². The molecule has 7 N–H and O–H groups in total. The van der Waals surface area contributed by atoms with Crippen LogP contribution in [0.3, 0.4) is 0 Å². The SMILES string of the molecule is CC(NC(=O)c1cc(C(=O)NCc2ccc(/C(=N/N)NN)cc2)ncn1)c1ccccc1. The maximum absolute atomic E-state index is 12.6. The monoisotopic (exact) mass is 432 g/mol. The fraction of sp³-hybridized carbons (Fsp3) is 0.136. The highest BCUT2D eigenvalue weighted by Crippen LogP contribution is 2.12. The molecule has 2 amide bonds. The van der Waals surface area contributed by atoms with E-state index in [0.29, 0.717) is 11.4 Å². The van der Waals surface area contributed by atoms with Crippen LogP contribution in [0.4, 0.5) is 0 Å². The van der Waals surface area contributed by atoms with E-state index in [9.17, 15) is 9.59 Å². The van der Waals surface area contributed by atoms with Crippen molar-refractivity contribution in [3.05, 3.63) is 95.1 Å². The highest BCUT2D eigenvalue weighted by atomic mass is 16.2. The van der Waals surface area contributed by atoms with Gasteiger partial charge in [0.15, 0.2) is 5.84 Å². The summed E-state index contributed by atoms with van der Waals surface area (Å²) in [6.07, 6.45) is 1.19. The number of hydrogen-bond donors (Lipinski definition) is 5. The van der Waals surface area contributed by atoms with Gasteiger partial charge in [-0.15, -0.1) is 0 Å². The zero-order chi connectivity index (χ0) is 22.9. The predicted molar refractivity (Wildman–Crippen MR) is 120 cm³/mol. The van der Waals surface area contributed by atoms with Gasteiger partial charge in [-0.05, 0) is 18.1 Å². The summed E-state index contributed by atoms with van der Waals surface area (Å²) < 4.78 is 0. The number of rotatable bonds is 7. The van der Waals surface area contributed by atoms with Crippen molar-refractivity contribution < 1.29 is 9.59 Å². The number of amidine groups is 1. The molecule has 3 aromatic rings. The molecule has 0 aliphatic rings. The largest absolute Gasteiger partial charge is 0.347 e. The lowest BCUT2D eigenvalue weighted by molar-refractivity contribution is 0.0934. The van der Waals surface area contributed by atoms with Crippen LogP contribution in [0, 0.1) is 0 Å². The summed E-state index contributed by atoms with van der Waals surface area (Å²) in [6, 6.07) is 17.9. The van der Waals surface area contributed by atoms with E-state index in [1.807, 2.05) is 49.4 Å². The summed E-state index contributed by atoms with van der Waals surface area (Å²) in [5.41, 5.74) is 5.13. The van der Waals surface area contributed by atoms with Crippen LogP contribution in [-0.2, 0) is 6.54 Å². The molecule has 0 saturated carbocycles. The van der Waals surface area contributed by atoms with Gasteiger partial charge in [-0.2, -0.15) is 5.10 Å². The second-order valence-corrected chi connectivity index (χ2v) is 6.90. The fourth-order valence-corrected chi connectivity index (χ4v) is 2.95. The number of aromatic nitrogens is 2. The average Bonchev–Trinajstić information content (AvgIpc) is 2.84. The maximum atomic E-state index is 12.6. The standard InChI is InChI=1S/C22H24N8O2/c1-14(16-5-3-2-4-6-16)28-22(32)19-11-18(26-13-27-19)21(31)25-12-15-7-9-17(10-8-15)20(29-23)30-24/h2-11,13-14H,12,23-24H2,1H3,(H,25,31)(H,28,32)(H,29,30). The van der Waals surface area contributed by atoms with Crippen LogP contribution < -0.4 is 27.7 Å². The number of amides is 2. The first-order valence-corrected chi connectivity index (χ1v) is 9.81. The van der Waals surface area contributed by atoms with Crippen LogP contribution in [0.15, 0.2) is 72.1 Å². The molecule has 10 heteroatoms. The van der Waals surface area contributed by atoms with Gasteiger partial charge in [-0.25, -0.2) is 15.8 Å². The second-order valence-electron chi connectivity index (χ2n) is 6.90. The van der Waals surface area contributed by atoms with Crippen molar-refractivity contribution in [2.75, 3.05) is 0 Å². The van der Waals surface area contributed by atoms with Crippen LogP contribution >= 0.6 is 0 Å². The normalized spacial score (nSPS) is 12.0. The lowest BCUT2D eigenvalue weighted by Gasteiger charge is -2.14. The van der Waals surface area contributed by atoms with Crippen LogP contribution in [0.2, 0.25) is 0 Å². The third-order valence-electron chi connectivity index (χ3n) is 4.73. The molecule has 2 aromatic carbocycles. The Balaban J connectivity index is 1.60. The number of carbonyl (C=O) groups excluding carboxylic acids is 2. The van der Waals surface area contributed by atoms with E-state index in [0.717, 1.165) is 11.1 Å².